The zero-order valence-corrected chi connectivity index (χ0v) is 8.40. The molecule has 0 amide bonds. The standard InChI is InChI=1S/C12H20/c1-4-12-7-5-11(3,6-8-12)10(2)9-12/h4,10H,1,5-9H2,2-3H3. The average Bonchev–Trinajstić information content (AvgIpc) is 2.08. The number of hydrogen-bond acceptors (Lipinski definition) is 0. The van der Waals surface area contributed by atoms with Gasteiger partial charge in [0.1, 0.15) is 0 Å². The van der Waals surface area contributed by atoms with E-state index in [9.17, 15) is 0 Å². The summed E-state index contributed by atoms with van der Waals surface area (Å²) in [7, 11) is 0. The lowest BCUT2D eigenvalue weighted by molar-refractivity contribution is -0.0186. The molecule has 68 valence electrons. The minimum absolute atomic E-state index is 0.539. The van der Waals surface area contributed by atoms with Gasteiger partial charge in [-0.2, -0.15) is 0 Å². The molecule has 3 aliphatic carbocycles. The Labute approximate surface area is 76.1 Å². The van der Waals surface area contributed by atoms with Crippen molar-refractivity contribution in [3.05, 3.63) is 12.7 Å². The van der Waals surface area contributed by atoms with Gasteiger partial charge in [0.2, 0.25) is 0 Å². The summed E-state index contributed by atoms with van der Waals surface area (Å²) in [5, 5.41) is 0. The van der Waals surface area contributed by atoms with E-state index >= 15 is 0 Å². The molecule has 0 N–H and O–H groups in total. The highest BCUT2D eigenvalue weighted by Crippen LogP contribution is 2.59. The van der Waals surface area contributed by atoms with Crippen molar-refractivity contribution in [3.8, 4) is 0 Å². The Bertz CT molecular complexity index is 194. The molecule has 0 nitrogen and oxygen atoms in total. The molecule has 0 aromatic carbocycles. The minimum Gasteiger partial charge on any atom is -0.103 e. The highest BCUT2D eigenvalue weighted by molar-refractivity contribution is 5.07. The fourth-order valence-electron chi connectivity index (χ4n) is 3.16. The maximum atomic E-state index is 4.01. The first kappa shape index (κ1) is 8.34. The summed E-state index contributed by atoms with van der Waals surface area (Å²) in [5.41, 5.74) is 1.21. The van der Waals surface area contributed by atoms with E-state index in [1.807, 2.05) is 0 Å². The van der Waals surface area contributed by atoms with E-state index in [4.69, 9.17) is 0 Å². The number of fused-ring (bicyclic) bond motifs is 3. The zero-order valence-electron chi connectivity index (χ0n) is 8.40. The topological polar surface area (TPSA) is 0 Å². The molecule has 2 bridgehead atoms. The lowest BCUT2D eigenvalue weighted by Gasteiger charge is -2.55. The quantitative estimate of drug-likeness (QED) is 0.517. The van der Waals surface area contributed by atoms with Gasteiger partial charge in [0.05, 0.1) is 0 Å². The predicted molar refractivity (Wildman–Crippen MR) is 53.0 cm³/mol. The Balaban J connectivity index is 2.24. The van der Waals surface area contributed by atoms with Crippen LogP contribution in [0.4, 0.5) is 0 Å². The molecule has 3 saturated carbocycles. The highest BCUT2D eigenvalue weighted by atomic mass is 14.5. The molecule has 1 atom stereocenters. The highest BCUT2D eigenvalue weighted by Gasteiger charge is 2.48. The monoisotopic (exact) mass is 164 g/mol. The fourth-order valence-corrected chi connectivity index (χ4v) is 3.16. The number of hydrogen-bond donors (Lipinski definition) is 0. The van der Waals surface area contributed by atoms with Crippen LogP contribution in [0.1, 0.15) is 46.0 Å². The summed E-state index contributed by atoms with van der Waals surface area (Å²) in [6.45, 7) is 8.91. The van der Waals surface area contributed by atoms with Crippen LogP contribution < -0.4 is 0 Å². The molecule has 0 heteroatoms. The Morgan fingerprint density at radius 3 is 2.25 bits per heavy atom. The molecular weight excluding hydrogens is 144 g/mol. The maximum Gasteiger partial charge on any atom is -0.0118 e. The van der Waals surface area contributed by atoms with Gasteiger partial charge in [0.15, 0.2) is 0 Å². The molecule has 3 aliphatic rings. The van der Waals surface area contributed by atoms with Gasteiger partial charge in [0, 0.05) is 0 Å². The predicted octanol–water partition coefficient (Wildman–Crippen LogP) is 3.78. The molecular formula is C12H20. The molecule has 0 aromatic rings. The van der Waals surface area contributed by atoms with Crippen molar-refractivity contribution in [3.63, 3.8) is 0 Å². The van der Waals surface area contributed by atoms with E-state index < -0.39 is 0 Å². The Kier molecular flexibility index (Phi) is 1.65. The second-order valence-corrected chi connectivity index (χ2v) is 5.33. The molecule has 3 fully saturated rings. The van der Waals surface area contributed by atoms with Gasteiger partial charge in [-0.05, 0) is 48.9 Å². The van der Waals surface area contributed by atoms with Crippen molar-refractivity contribution in [1.82, 2.24) is 0 Å². The van der Waals surface area contributed by atoms with Gasteiger partial charge in [-0.3, -0.25) is 0 Å². The molecule has 3 rings (SSSR count). The summed E-state index contributed by atoms with van der Waals surface area (Å²) in [5.74, 6) is 0.915. The van der Waals surface area contributed by atoms with Gasteiger partial charge in [-0.15, -0.1) is 6.58 Å². The fraction of sp³-hybridized carbons (Fsp3) is 0.833. The number of rotatable bonds is 1. The first-order valence-electron chi connectivity index (χ1n) is 5.24. The molecule has 0 aliphatic heterocycles. The van der Waals surface area contributed by atoms with E-state index in [0.29, 0.717) is 10.8 Å². The smallest absolute Gasteiger partial charge is 0.0118 e. The van der Waals surface area contributed by atoms with E-state index in [0.717, 1.165) is 5.92 Å². The van der Waals surface area contributed by atoms with Crippen molar-refractivity contribution in [1.29, 1.82) is 0 Å². The van der Waals surface area contributed by atoms with Gasteiger partial charge in [-0.25, -0.2) is 0 Å². The second kappa shape index (κ2) is 2.37. The Morgan fingerprint density at radius 2 is 1.83 bits per heavy atom. The van der Waals surface area contributed by atoms with E-state index in [1.54, 1.807) is 0 Å². The number of allylic oxidation sites excluding steroid dienone is 1. The van der Waals surface area contributed by atoms with Crippen LogP contribution in [0.25, 0.3) is 0 Å². The normalized spacial score (nSPS) is 52.3. The van der Waals surface area contributed by atoms with Crippen LogP contribution >= 0.6 is 0 Å². The van der Waals surface area contributed by atoms with Gasteiger partial charge in [0.25, 0.3) is 0 Å². The van der Waals surface area contributed by atoms with Gasteiger partial charge in [-0.1, -0.05) is 19.9 Å². The van der Waals surface area contributed by atoms with Crippen LogP contribution in [0.15, 0.2) is 12.7 Å². The lowest BCUT2D eigenvalue weighted by Crippen LogP contribution is -2.44. The van der Waals surface area contributed by atoms with Crippen molar-refractivity contribution < 1.29 is 0 Å². The third-order valence-corrected chi connectivity index (χ3v) is 4.72. The summed E-state index contributed by atoms with van der Waals surface area (Å²) < 4.78 is 0. The van der Waals surface area contributed by atoms with Crippen molar-refractivity contribution >= 4 is 0 Å². The molecule has 0 radical (unpaired) electrons. The van der Waals surface area contributed by atoms with Crippen LogP contribution in [0, 0.1) is 16.7 Å². The minimum atomic E-state index is 0.539. The van der Waals surface area contributed by atoms with E-state index in [2.05, 4.69) is 26.5 Å². The molecule has 0 heterocycles. The second-order valence-electron chi connectivity index (χ2n) is 5.33. The lowest BCUT2D eigenvalue weighted by atomic mass is 9.50. The molecule has 1 unspecified atom stereocenters. The van der Waals surface area contributed by atoms with Crippen molar-refractivity contribution in [2.45, 2.75) is 46.0 Å². The SMILES string of the molecule is C=CC12CCC(C)(CC1)C(C)C2. The van der Waals surface area contributed by atoms with Crippen LogP contribution in [-0.2, 0) is 0 Å². The Morgan fingerprint density at radius 1 is 1.25 bits per heavy atom. The molecule has 12 heavy (non-hydrogen) atoms. The zero-order chi connectivity index (χ0) is 8.82. The molecule has 0 saturated heterocycles. The molecule has 0 spiro atoms. The Hall–Kier alpha value is -0.260. The van der Waals surface area contributed by atoms with Crippen LogP contribution in [0.5, 0.6) is 0 Å². The first-order valence-corrected chi connectivity index (χ1v) is 5.24. The van der Waals surface area contributed by atoms with Crippen molar-refractivity contribution in [2.24, 2.45) is 16.7 Å². The summed E-state index contributed by atoms with van der Waals surface area (Å²) in [6.07, 6.45) is 9.30. The van der Waals surface area contributed by atoms with Crippen LogP contribution in [0.3, 0.4) is 0 Å². The third-order valence-electron chi connectivity index (χ3n) is 4.72. The van der Waals surface area contributed by atoms with Crippen LogP contribution in [0.2, 0.25) is 0 Å². The maximum absolute atomic E-state index is 4.01. The first-order chi connectivity index (χ1) is 5.60. The largest absolute Gasteiger partial charge is 0.103 e. The third kappa shape index (κ3) is 0.967. The van der Waals surface area contributed by atoms with Gasteiger partial charge >= 0.3 is 0 Å². The molecule has 0 aromatic heterocycles. The van der Waals surface area contributed by atoms with Gasteiger partial charge < -0.3 is 0 Å². The average molecular weight is 164 g/mol. The van der Waals surface area contributed by atoms with E-state index in [1.165, 1.54) is 32.1 Å². The van der Waals surface area contributed by atoms with Crippen molar-refractivity contribution in [2.75, 3.05) is 0 Å². The summed E-state index contributed by atoms with van der Waals surface area (Å²) >= 11 is 0. The van der Waals surface area contributed by atoms with Crippen LogP contribution in [-0.4, -0.2) is 0 Å². The van der Waals surface area contributed by atoms with E-state index in [-0.39, 0.29) is 0 Å². The summed E-state index contributed by atoms with van der Waals surface area (Å²) in [6, 6.07) is 0. The summed E-state index contributed by atoms with van der Waals surface area (Å²) in [4.78, 5) is 0.